The van der Waals surface area contributed by atoms with Gasteiger partial charge in [-0.3, -0.25) is 9.59 Å². The summed E-state index contributed by atoms with van der Waals surface area (Å²) in [5.41, 5.74) is 3.94. The highest BCUT2D eigenvalue weighted by atomic mass is 19.1. The zero-order valence-electron chi connectivity index (χ0n) is 14.7. The van der Waals surface area contributed by atoms with Crippen molar-refractivity contribution in [3.05, 3.63) is 58.9 Å². The summed E-state index contributed by atoms with van der Waals surface area (Å²) < 4.78 is 14.0. The van der Waals surface area contributed by atoms with Crippen LogP contribution in [0.5, 0.6) is 0 Å². The zero-order valence-corrected chi connectivity index (χ0v) is 14.7. The summed E-state index contributed by atoms with van der Waals surface area (Å²) >= 11 is 0. The molecule has 2 aliphatic heterocycles. The van der Waals surface area contributed by atoms with E-state index >= 15 is 0 Å². The van der Waals surface area contributed by atoms with Crippen molar-refractivity contribution in [2.75, 3.05) is 9.91 Å². The van der Waals surface area contributed by atoms with E-state index in [2.05, 4.69) is 10.3 Å². The van der Waals surface area contributed by atoms with Crippen molar-refractivity contribution in [3.63, 3.8) is 0 Å². The molecule has 0 bridgehead atoms. The average Bonchev–Trinajstić information content (AvgIpc) is 3.34. The molecule has 1 aliphatic carbocycles. The van der Waals surface area contributed by atoms with E-state index in [1.54, 1.807) is 19.1 Å². The number of benzene rings is 2. The van der Waals surface area contributed by atoms with Gasteiger partial charge in [-0.15, -0.1) is 0 Å². The highest BCUT2D eigenvalue weighted by molar-refractivity contribution is 6.26. The summed E-state index contributed by atoms with van der Waals surface area (Å²) in [4.78, 5) is 27.1. The van der Waals surface area contributed by atoms with E-state index in [1.807, 2.05) is 18.2 Å². The Labute approximate surface area is 155 Å². The van der Waals surface area contributed by atoms with Crippen molar-refractivity contribution < 1.29 is 14.0 Å². The van der Waals surface area contributed by atoms with Crippen molar-refractivity contribution in [1.82, 2.24) is 0 Å². The van der Waals surface area contributed by atoms with Crippen LogP contribution >= 0.6 is 0 Å². The number of rotatable bonds is 2. The second kappa shape index (κ2) is 5.70. The van der Waals surface area contributed by atoms with Crippen LogP contribution in [0.15, 0.2) is 46.7 Å². The Bertz CT molecular complexity index is 1020. The van der Waals surface area contributed by atoms with Crippen LogP contribution in [0.1, 0.15) is 23.1 Å². The average molecular weight is 364 g/mol. The number of carbonyl (C=O) groups excluding carboxylic acids is 2. The van der Waals surface area contributed by atoms with E-state index in [9.17, 15) is 14.0 Å². The maximum absolute atomic E-state index is 14.0. The van der Waals surface area contributed by atoms with Crippen LogP contribution in [0.2, 0.25) is 0 Å². The Kier molecular flexibility index (Phi) is 3.40. The molecular formula is C20H17FN4O2. The van der Waals surface area contributed by atoms with Gasteiger partial charge in [-0.25, -0.2) is 14.3 Å². The van der Waals surface area contributed by atoms with Crippen molar-refractivity contribution in [3.8, 4) is 0 Å². The van der Waals surface area contributed by atoms with E-state index in [1.165, 1.54) is 27.1 Å². The first kappa shape index (κ1) is 16.1. The number of anilines is 2. The van der Waals surface area contributed by atoms with E-state index in [0.29, 0.717) is 16.9 Å². The Morgan fingerprint density at radius 1 is 1.00 bits per heavy atom. The molecule has 3 aliphatic rings. The number of hydrogen-bond acceptors (Lipinski definition) is 5. The summed E-state index contributed by atoms with van der Waals surface area (Å²) in [6, 6.07) is 8.57. The topological polar surface area (TPSA) is 65.3 Å². The largest absolute Gasteiger partial charge is 0.271 e. The molecule has 2 amide bonds. The highest BCUT2D eigenvalue weighted by Crippen LogP contribution is 2.36. The second-order valence-electron chi connectivity index (χ2n) is 7.19. The van der Waals surface area contributed by atoms with Crippen LogP contribution < -0.4 is 9.91 Å². The first-order valence-corrected chi connectivity index (χ1v) is 9.00. The lowest BCUT2D eigenvalue weighted by molar-refractivity contribution is -0.121. The van der Waals surface area contributed by atoms with Crippen LogP contribution in [-0.2, 0) is 22.4 Å². The fourth-order valence-electron chi connectivity index (χ4n) is 4.05. The van der Waals surface area contributed by atoms with Crippen LogP contribution in [0.4, 0.5) is 15.8 Å². The normalized spacial score (nSPS) is 23.3. The van der Waals surface area contributed by atoms with Crippen LogP contribution in [0.25, 0.3) is 0 Å². The molecule has 0 unspecified atom stereocenters. The summed E-state index contributed by atoms with van der Waals surface area (Å²) in [7, 11) is 0. The molecule has 0 saturated carbocycles. The number of nitrogens with zero attached hydrogens (tertiary/aromatic N) is 4. The summed E-state index contributed by atoms with van der Waals surface area (Å²) in [6.07, 6.45) is 3.08. The molecule has 2 aromatic rings. The van der Waals surface area contributed by atoms with Gasteiger partial charge in [0, 0.05) is 0 Å². The third-order valence-corrected chi connectivity index (χ3v) is 5.54. The predicted octanol–water partition coefficient (Wildman–Crippen LogP) is 3.12. The van der Waals surface area contributed by atoms with Crippen molar-refractivity contribution >= 4 is 23.2 Å². The molecule has 5 rings (SSSR count). The Morgan fingerprint density at radius 3 is 2.59 bits per heavy atom. The summed E-state index contributed by atoms with van der Waals surface area (Å²) in [5.74, 6) is -1.16. The molecule has 2 atom stereocenters. The SMILES string of the molecule is Cc1ccc(N2N=N[C@H]3C(=O)N(c4ccc5c(c4)CCC5)C(=O)[C@@H]32)cc1F. The number of hydrogen-bond donors (Lipinski definition) is 0. The molecule has 2 heterocycles. The van der Waals surface area contributed by atoms with Gasteiger partial charge in [0.1, 0.15) is 5.82 Å². The second-order valence-corrected chi connectivity index (χ2v) is 7.19. The monoisotopic (exact) mass is 364 g/mol. The molecule has 0 spiro atoms. The summed E-state index contributed by atoms with van der Waals surface area (Å²) in [5, 5.41) is 9.32. The molecule has 0 N–H and O–H groups in total. The third-order valence-electron chi connectivity index (χ3n) is 5.54. The van der Waals surface area contributed by atoms with Gasteiger partial charge in [0.15, 0.2) is 12.1 Å². The Balaban J connectivity index is 1.50. The lowest BCUT2D eigenvalue weighted by Crippen LogP contribution is -2.40. The quantitative estimate of drug-likeness (QED) is 0.769. The van der Waals surface area contributed by atoms with Crippen molar-refractivity contribution in [2.45, 2.75) is 38.3 Å². The molecule has 1 fully saturated rings. The van der Waals surface area contributed by atoms with Crippen LogP contribution in [0.3, 0.4) is 0 Å². The molecule has 7 heteroatoms. The minimum absolute atomic E-state index is 0.381. The van der Waals surface area contributed by atoms with Crippen LogP contribution in [-0.4, -0.2) is 23.9 Å². The summed E-state index contributed by atoms with van der Waals surface area (Å²) in [6.45, 7) is 1.66. The number of imide groups is 1. The molecule has 0 aromatic heterocycles. The van der Waals surface area contributed by atoms with Gasteiger partial charge in [-0.05, 0) is 67.1 Å². The molecular weight excluding hydrogens is 347 g/mol. The Morgan fingerprint density at radius 2 is 1.78 bits per heavy atom. The molecule has 2 aromatic carbocycles. The molecule has 27 heavy (non-hydrogen) atoms. The van der Waals surface area contributed by atoms with Gasteiger partial charge in [-0.2, -0.15) is 5.11 Å². The lowest BCUT2D eigenvalue weighted by atomic mass is 10.1. The lowest BCUT2D eigenvalue weighted by Gasteiger charge is -2.21. The van der Waals surface area contributed by atoms with E-state index in [-0.39, 0.29) is 11.8 Å². The smallest absolute Gasteiger partial charge is 0.263 e. The number of halogens is 1. The fraction of sp³-hybridized carbons (Fsp3) is 0.300. The predicted molar refractivity (Wildman–Crippen MR) is 97.0 cm³/mol. The zero-order chi connectivity index (χ0) is 18.7. The fourth-order valence-corrected chi connectivity index (χ4v) is 4.05. The minimum Gasteiger partial charge on any atom is -0.271 e. The first-order valence-electron chi connectivity index (χ1n) is 9.00. The van der Waals surface area contributed by atoms with Gasteiger partial charge in [0.2, 0.25) is 0 Å². The first-order chi connectivity index (χ1) is 13.0. The van der Waals surface area contributed by atoms with Crippen LogP contribution in [0, 0.1) is 12.7 Å². The number of fused-ring (bicyclic) bond motifs is 2. The molecule has 136 valence electrons. The van der Waals surface area contributed by atoms with Crippen molar-refractivity contribution in [1.29, 1.82) is 0 Å². The maximum Gasteiger partial charge on any atom is 0.263 e. The highest BCUT2D eigenvalue weighted by Gasteiger charge is 2.55. The van der Waals surface area contributed by atoms with Gasteiger partial charge in [0.05, 0.1) is 11.4 Å². The van der Waals surface area contributed by atoms with Gasteiger partial charge in [0.25, 0.3) is 11.8 Å². The molecule has 6 nitrogen and oxygen atoms in total. The van der Waals surface area contributed by atoms with E-state index in [4.69, 9.17) is 0 Å². The van der Waals surface area contributed by atoms with Gasteiger partial charge < -0.3 is 0 Å². The maximum atomic E-state index is 14.0. The van der Waals surface area contributed by atoms with Gasteiger partial charge >= 0.3 is 0 Å². The standard InChI is InChI=1S/C20H17FN4O2/c1-11-5-7-15(10-16(11)21)25-18-17(22-23-25)19(26)24(20(18)27)14-8-6-12-3-2-4-13(12)9-14/h5-10,17-18H,2-4H2,1H3/t17-,18-/m1/s1. The Hall–Kier alpha value is -3.09. The van der Waals surface area contributed by atoms with Gasteiger partial charge in [-0.1, -0.05) is 17.4 Å². The van der Waals surface area contributed by atoms with Crippen molar-refractivity contribution in [2.24, 2.45) is 10.3 Å². The molecule has 1 saturated heterocycles. The number of amides is 2. The molecule has 0 radical (unpaired) electrons. The number of aryl methyl sites for hydroxylation is 3. The van der Waals surface area contributed by atoms with E-state index < -0.39 is 17.9 Å². The number of carbonyl (C=O) groups is 2. The third kappa shape index (κ3) is 2.31. The minimum atomic E-state index is -0.893. The van der Waals surface area contributed by atoms with E-state index in [0.717, 1.165) is 19.3 Å².